The minimum absolute atomic E-state index is 0.849. The van der Waals surface area contributed by atoms with Crippen molar-refractivity contribution in [3.63, 3.8) is 0 Å². The van der Waals surface area contributed by atoms with Crippen LogP contribution in [-0.4, -0.2) is 4.21 Å². The normalized spacial score (nSPS) is 12.3. The molecular weight excluding hydrogens is 216 g/mol. The minimum Gasteiger partial charge on any atom is -0.249 e. The zero-order valence-corrected chi connectivity index (χ0v) is 10.8. The van der Waals surface area contributed by atoms with Crippen molar-refractivity contribution >= 4 is 10.8 Å². The number of benzene rings is 1. The third-order valence-corrected chi connectivity index (χ3v) is 3.96. The molecular formula is C14H20OS. The van der Waals surface area contributed by atoms with E-state index in [1.165, 1.54) is 19.3 Å². The van der Waals surface area contributed by atoms with Gasteiger partial charge < -0.3 is 0 Å². The summed E-state index contributed by atoms with van der Waals surface area (Å²) in [4.78, 5) is 1.71. The van der Waals surface area contributed by atoms with Gasteiger partial charge in [-0.2, -0.15) is 0 Å². The van der Waals surface area contributed by atoms with Crippen LogP contribution in [0.3, 0.4) is 0 Å². The highest BCUT2D eigenvalue weighted by Gasteiger charge is 2.06. The molecule has 0 aliphatic heterocycles. The quantitative estimate of drug-likeness (QED) is 0.646. The fourth-order valence-electron chi connectivity index (χ4n) is 1.55. The topological polar surface area (TPSA) is 17.1 Å². The van der Waals surface area contributed by atoms with E-state index in [1.807, 2.05) is 30.3 Å². The molecule has 1 unspecified atom stereocenters. The molecule has 0 spiro atoms. The third kappa shape index (κ3) is 4.31. The maximum atomic E-state index is 12.0. The molecule has 1 aromatic rings. The predicted molar refractivity (Wildman–Crippen MR) is 70.7 cm³/mol. The van der Waals surface area contributed by atoms with Gasteiger partial charge >= 0.3 is 0 Å². The van der Waals surface area contributed by atoms with Crippen LogP contribution in [-0.2, 0) is 10.8 Å². The van der Waals surface area contributed by atoms with Gasteiger partial charge in [-0.3, -0.25) is 0 Å². The molecule has 1 nitrogen and oxygen atoms in total. The summed E-state index contributed by atoms with van der Waals surface area (Å²) in [5.41, 5.74) is 0. The molecule has 0 N–H and O–H groups in total. The first-order valence-corrected chi connectivity index (χ1v) is 7.05. The van der Waals surface area contributed by atoms with Crippen molar-refractivity contribution < 1.29 is 4.21 Å². The Morgan fingerprint density at radius 1 is 1.19 bits per heavy atom. The predicted octanol–water partition coefficient (Wildman–Crippen LogP) is 4.28. The molecule has 0 radical (unpaired) electrons. The lowest BCUT2D eigenvalue weighted by Gasteiger charge is -2.05. The number of rotatable bonds is 7. The minimum atomic E-state index is -1.03. The van der Waals surface area contributed by atoms with E-state index in [0.29, 0.717) is 0 Å². The van der Waals surface area contributed by atoms with Crippen LogP contribution in [0, 0.1) is 0 Å². The Morgan fingerprint density at radius 3 is 2.50 bits per heavy atom. The van der Waals surface area contributed by atoms with E-state index in [0.717, 1.165) is 22.6 Å². The largest absolute Gasteiger partial charge is 0.249 e. The lowest BCUT2D eigenvalue weighted by atomic mass is 10.1. The van der Waals surface area contributed by atoms with Crippen molar-refractivity contribution in [2.24, 2.45) is 0 Å². The van der Waals surface area contributed by atoms with Crippen LogP contribution in [0.15, 0.2) is 46.7 Å². The molecule has 0 bridgehead atoms. The van der Waals surface area contributed by atoms with Crippen molar-refractivity contribution in [1.29, 1.82) is 0 Å². The monoisotopic (exact) mass is 236 g/mol. The summed E-state index contributed by atoms with van der Waals surface area (Å²) >= 11 is 0. The molecule has 0 amide bonds. The lowest BCUT2D eigenvalue weighted by molar-refractivity contribution is 0.663. The van der Waals surface area contributed by atoms with Gasteiger partial charge in [0.15, 0.2) is 0 Å². The molecule has 1 rings (SSSR count). The summed E-state index contributed by atoms with van der Waals surface area (Å²) in [5, 5.41) is 0. The van der Waals surface area contributed by atoms with Crippen molar-refractivity contribution in [3.8, 4) is 0 Å². The second kappa shape index (κ2) is 7.39. The molecule has 88 valence electrons. The van der Waals surface area contributed by atoms with Crippen molar-refractivity contribution in [2.75, 3.05) is 0 Å². The van der Waals surface area contributed by atoms with Gasteiger partial charge in [0.25, 0.3) is 0 Å². The van der Waals surface area contributed by atoms with Gasteiger partial charge in [0.05, 0.1) is 10.8 Å². The third-order valence-electron chi connectivity index (χ3n) is 2.53. The average Bonchev–Trinajstić information content (AvgIpc) is 2.34. The summed E-state index contributed by atoms with van der Waals surface area (Å²) in [6, 6.07) is 9.56. The van der Waals surface area contributed by atoms with Crippen molar-refractivity contribution in [2.45, 2.75) is 43.9 Å². The Hall–Kier alpha value is -0.890. The molecule has 1 aromatic carbocycles. The summed E-state index contributed by atoms with van der Waals surface area (Å²) in [6.07, 6.45) is 5.67. The molecule has 0 saturated heterocycles. The Balaban J connectivity index is 2.40. The Morgan fingerprint density at radius 2 is 1.88 bits per heavy atom. The molecule has 2 heteroatoms. The van der Waals surface area contributed by atoms with Gasteiger partial charge in [-0.25, -0.2) is 4.21 Å². The van der Waals surface area contributed by atoms with Crippen LogP contribution in [0.25, 0.3) is 0 Å². The second-order valence-electron chi connectivity index (χ2n) is 3.93. The number of hydrogen-bond donors (Lipinski definition) is 0. The SMILES string of the molecule is C=C(CCCCCC)S(=O)c1ccccc1. The van der Waals surface area contributed by atoms with Crippen LogP contribution >= 0.6 is 0 Å². The van der Waals surface area contributed by atoms with E-state index >= 15 is 0 Å². The molecule has 0 aliphatic carbocycles. The maximum Gasteiger partial charge on any atom is 0.0802 e. The maximum absolute atomic E-state index is 12.0. The van der Waals surface area contributed by atoms with E-state index < -0.39 is 10.8 Å². The summed E-state index contributed by atoms with van der Waals surface area (Å²) in [5.74, 6) is 0. The molecule has 0 fully saturated rings. The Kier molecular flexibility index (Phi) is 6.09. The Bertz CT molecular complexity index is 343. The van der Waals surface area contributed by atoms with E-state index in [-0.39, 0.29) is 0 Å². The number of allylic oxidation sites excluding steroid dienone is 1. The second-order valence-corrected chi connectivity index (χ2v) is 5.52. The highest BCUT2D eigenvalue weighted by Crippen LogP contribution is 2.18. The fraction of sp³-hybridized carbons (Fsp3) is 0.429. The average molecular weight is 236 g/mol. The molecule has 0 aromatic heterocycles. The van der Waals surface area contributed by atoms with E-state index in [2.05, 4.69) is 13.5 Å². The highest BCUT2D eigenvalue weighted by molar-refractivity contribution is 7.89. The zero-order valence-electron chi connectivity index (χ0n) is 9.95. The summed E-state index contributed by atoms with van der Waals surface area (Å²) < 4.78 is 12.0. The highest BCUT2D eigenvalue weighted by atomic mass is 32.2. The summed E-state index contributed by atoms with van der Waals surface area (Å²) in [7, 11) is -1.03. The first-order valence-electron chi connectivity index (χ1n) is 5.90. The molecule has 0 saturated carbocycles. The molecule has 16 heavy (non-hydrogen) atoms. The van der Waals surface area contributed by atoms with Gasteiger partial charge in [0.1, 0.15) is 0 Å². The van der Waals surface area contributed by atoms with Gasteiger partial charge in [-0.1, -0.05) is 51.0 Å². The zero-order chi connectivity index (χ0) is 11.8. The van der Waals surface area contributed by atoms with Crippen LogP contribution in [0.2, 0.25) is 0 Å². The van der Waals surface area contributed by atoms with Crippen LogP contribution in [0.5, 0.6) is 0 Å². The van der Waals surface area contributed by atoms with E-state index in [1.54, 1.807) is 0 Å². The fourth-order valence-corrected chi connectivity index (χ4v) is 2.62. The first-order chi connectivity index (χ1) is 7.75. The molecule has 1 atom stereocenters. The lowest BCUT2D eigenvalue weighted by Crippen LogP contribution is -1.95. The van der Waals surface area contributed by atoms with Gasteiger partial charge in [-0.05, 0) is 25.0 Å². The number of hydrogen-bond acceptors (Lipinski definition) is 1. The van der Waals surface area contributed by atoms with Crippen molar-refractivity contribution in [1.82, 2.24) is 0 Å². The van der Waals surface area contributed by atoms with Gasteiger partial charge in [0, 0.05) is 9.80 Å². The van der Waals surface area contributed by atoms with Crippen molar-refractivity contribution in [3.05, 3.63) is 41.8 Å². The standard InChI is InChI=1S/C14H20OS/c1-3-4-5-7-10-13(2)16(15)14-11-8-6-9-12-14/h6,8-9,11-12H,2-5,7,10H2,1H3. The van der Waals surface area contributed by atoms with Crippen LogP contribution in [0.1, 0.15) is 39.0 Å². The van der Waals surface area contributed by atoms with Crippen LogP contribution < -0.4 is 0 Å². The van der Waals surface area contributed by atoms with E-state index in [9.17, 15) is 4.21 Å². The van der Waals surface area contributed by atoms with E-state index in [4.69, 9.17) is 0 Å². The van der Waals surface area contributed by atoms with Gasteiger partial charge in [-0.15, -0.1) is 0 Å². The van der Waals surface area contributed by atoms with Gasteiger partial charge in [0.2, 0.25) is 0 Å². The number of unbranched alkanes of at least 4 members (excludes halogenated alkanes) is 3. The molecule has 0 aliphatic rings. The smallest absolute Gasteiger partial charge is 0.0802 e. The Labute approximate surface area is 101 Å². The summed E-state index contributed by atoms with van der Waals surface area (Å²) in [6.45, 7) is 6.12. The first kappa shape index (κ1) is 13.2. The van der Waals surface area contributed by atoms with Crippen LogP contribution in [0.4, 0.5) is 0 Å². The molecule has 0 heterocycles.